The largest absolute Gasteiger partial charge is 0.497 e. The van der Waals surface area contributed by atoms with E-state index in [-0.39, 0.29) is 0 Å². The average Bonchev–Trinajstić information content (AvgIpc) is 2.36. The van der Waals surface area contributed by atoms with Crippen LogP contribution in [0, 0.1) is 11.3 Å². The number of ether oxygens (including phenoxy) is 1. The number of alkyl halides is 1. The number of nitriles is 1. The van der Waals surface area contributed by atoms with Crippen molar-refractivity contribution in [1.82, 2.24) is 0 Å². The van der Waals surface area contributed by atoms with E-state index >= 15 is 0 Å². The Kier molecular flexibility index (Phi) is 4.64. The van der Waals surface area contributed by atoms with Crippen molar-refractivity contribution in [1.29, 1.82) is 5.26 Å². The normalized spacial score (nSPS) is 13.9. The second-order valence-electron chi connectivity index (χ2n) is 3.72. The molecule has 1 rings (SSSR count). The molecule has 0 amide bonds. The molecule has 0 bridgehead atoms. The summed E-state index contributed by atoms with van der Waals surface area (Å²) in [5, 5.41) is 9.38. The summed E-state index contributed by atoms with van der Waals surface area (Å²) >= 11 is 5.78. The first-order chi connectivity index (χ1) is 7.72. The molecule has 0 spiro atoms. The lowest BCUT2D eigenvalue weighted by molar-refractivity contribution is 0.411. The zero-order chi connectivity index (χ0) is 12.0. The Morgan fingerprint density at radius 1 is 1.50 bits per heavy atom. The quantitative estimate of drug-likeness (QED) is 0.735. The van der Waals surface area contributed by atoms with Crippen LogP contribution in [0.5, 0.6) is 5.75 Å². The molecule has 2 nitrogen and oxygen atoms in total. The van der Waals surface area contributed by atoms with Crippen LogP contribution in [0.4, 0.5) is 0 Å². The van der Waals surface area contributed by atoms with E-state index in [0.29, 0.717) is 12.3 Å². The fourth-order valence-corrected chi connectivity index (χ4v) is 2.13. The third-order valence-electron chi connectivity index (χ3n) is 2.96. The van der Waals surface area contributed by atoms with Gasteiger partial charge in [0.15, 0.2) is 0 Å². The first-order valence-corrected chi connectivity index (χ1v) is 5.87. The Morgan fingerprint density at radius 3 is 2.75 bits per heavy atom. The van der Waals surface area contributed by atoms with Crippen LogP contribution in [0.3, 0.4) is 0 Å². The molecule has 0 aromatic heterocycles. The monoisotopic (exact) mass is 237 g/mol. The van der Waals surface area contributed by atoms with Gasteiger partial charge < -0.3 is 4.74 Å². The molecule has 0 aliphatic heterocycles. The predicted molar refractivity (Wildman–Crippen MR) is 65.9 cm³/mol. The molecule has 0 aliphatic carbocycles. The maximum atomic E-state index is 9.38. The molecule has 1 aromatic carbocycles. The first-order valence-electron chi connectivity index (χ1n) is 5.34. The Bertz CT molecular complexity index is 386. The number of benzene rings is 1. The number of nitrogens with zero attached hydrogens (tertiary/aromatic N) is 1. The lowest BCUT2D eigenvalue weighted by Gasteiger charge is -2.25. The second-order valence-corrected chi connectivity index (χ2v) is 4.10. The minimum atomic E-state index is -0.490. The molecular formula is C13H16ClNO. The van der Waals surface area contributed by atoms with Gasteiger partial charge in [0.05, 0.1) is 18.6 Å². The highest BCUT2D eigenvalue weighted by Crippen LogP contribution is 2.33. The van der Waals surface area contributed by atoms with E-state index in [2.05, 4.69) is 6.07 Å². The Morgan fingerprint density at radius 2 is 2.25 bits per heavy atom. The standard InChI is InChI=1S/C13H16ClNO/c1-3-13(10-15,7-8-14)11-5-4-6-12(9-11)16-2/h4-6,9H,3,7-8H2,1-2H3/t13-/m1/s1. The number of rotatable bonds is 5. The topological polar surface area (TPSA) is 33.0 Å². The smallest absolute Gasteiger partial charge is 0.119 e. The first kappa shape index (κ1) is 12.9. The SMILES string of the molecule is CC[C@](C#N)(CCCl)c1cccc(OC)c1. The summed E-state index contributed by atoms with van der Waals surface area (Å²) in [7, 11) is 1.63. The molecule has 0 unspecified atom stereocenters. The fraction of sp³-hybridized carbons (Fsp3) is 0.462. The summed E-state index contributed by atoms with van der Waals surface area (Å²) in [6.45, 7) is 2.01. The van der Waals surface area contributed by atoms with Gasteiger partial charge in [-0.25, -0.2) is 0 Å². The van der Waals surface area contributed by atoms with Crippen LogP contribution >= 0.6 is 11.6 Å². The molecule has 0 heterocycles. The van der Waals surface area contributed by atoms with Crippen molar-refractivity contribution in [2.45, 2.75) is 25.2 Å². The number of hydrogen-bond donors (Lipinski definition) is 0. The van der Waals surface area contributed by atoms with Crippen LogP contribution in [0.2, 0.25) is 0 Å². The van der Waals surface area contributed by atoms with Gasteiger partial charge in [-0.15, -0.1) is 11.6 Å². The van der Waals surface area contributed by atoms with Gasteiger partial charge in [-0.2, -0.15) is 5.26 Å². The Hall–Kier alpha value is -1.20. The zero-order valence-electron chi connectivity index (χ0n) is 9.66. The highest BCUT2D eigenvalue weighted by atomic mass is 35.5. The predicted octanol–water partition coefficient (Wildman–Crippen LogP) is 3.50. The summed E-state index contributed by atoms with van der Waals surface area (Å²) < 4.78 is 5.17. The molecule has 1 atom stereocenters. The maximum absolute atomic E-state index is 9.38. The minimum absolute atomic E-state index is 0.485. The van der Waals surface area contributed by atoms with E-state index in [1.165, 1.54) is 0 Å². The van der Waals surface area contributed by atoms with Gasteiger partial charge >= 0.3 is 0 Å². The highest BCUT2D eigenvalue weighted by molar-refractivity contribution is 6.17. The fourth-order valence-electron chi connectivity index (χ4n) is 1.81. The molecule has 0 N–H and O–H groups in total. The molecule has 0 saturated heterocycles. The summed E-state index contributed by atoms with van der Waals surface area (Å²) in [5.74, 6) is 1.26. The van der Waals surface area contributed by atoms with Crippen molar-refractivity contribution in [3.63, 3.8) is 0 Å². The van der Waals surface area contributed by atoms with Crippen LogP contribution in [0.1, 0.15) is 25.3 Å². The van der Waals surface area contributed by atoms with E-state index in [1.807, 2.05) is 31.2 Å². The summed E-state index contributed by atoms with van der Waals surface area (Å²) in [6, 6.07) is 10.1. The van der Waals surface area contributed by atoms with E-state index in [0.717, 1.165) is 17.7 Å². The Labute approximate surface area is 102 Å². The van der Waals surface area contributed by atoms with Crippen molar-refractivity contribution in [3.8, 4) is 11.8 Å². The number of halogens is 1. The van der Waals surface area contributed by atoms with Crippen LogP contribution in [0.25, 0.3) is 0 Å². The number of hydrogen-bond acceptors (Lipinski definition) is 2. The van der Waals surface area contributed by atoms with E-state index in [9.17, 15) is 5.26 Å². The van der Waals surface area contributed by atoms with Crippen LogP contribution in [-0.2, 0) is 5.41 Å². The summed E-state index contributed by atoms with van der Waals surface area (Å²) in [4.78, 5) is 0. The third-order valence-corrected chi connectivity index (χ3v) is 3.15. The van der Waals surface area contributed by atoms with Gasteiger partial charge in [0.1, 0.15) is 5.75 Å². The molecule has 86 valence electrons. The Balaban J connectivity index is 3.15. The molecule has 1 aromatic rings. The molecule has 0 saturated carbocycles. The van der Waals surface area contributed by atoms with Crippen molar-refractivity contribution >= 4 is 11.6 Å². The maximum Gasteiger partial charge on any atom is 0.119 e. The average molecular weight is 238 g/mol. The van der Waals surface area contributed by atoms with Crippen LogP contribution in [0.15, 0.2) is 24.3 Å². The van der Waals surface area contributed by atoms with Gasteiger partial charge in [-0.05, 0) is 30.5 Å². The molecule has 0 radical (unpaired) electrons. The summed E-state index contributed by atoms with van der Waals surface area (Å²) in [6.07, 6.45) is 1.41. The molecule has 16 heavy (non-hydrogen) atoms. The molecular weight excluding hydrogens is 222 g/mol. The van der Waals surface area contributed by atoms with Gasteiger partial charge in [0.25, 0.3) is 0 Å². The van der Waals surface area contributed by atoms with Crippen molar-refractivity contribution < 1.29 is 4.74 Å². The van der Waals surface area contributed by atoms with Crippen LogP contribution < -0.4 is 4.74 Å². The van der Waals surface area contributed by atoms with Crippen LogP contribution in [-0.4, -0.2) is 13.0 Å². The van der Waals surface area contributed by atoms with Crippen molar-refractivity contribution in [2.75, 3.05) is 13.0 Å². The van der Waals surface area contributed by atoms with Crippen molar-refractivity contribution in [2.24, 2.45) is 0 Å². The second kappa shape index (κ2) is 5.77. The van der Waals surface area contributed by atoms with Crippen molar-refractivity contribution in [3.05, 3.63) is 29.8 Å². The zero-order valence-corrected chi connectivity index (χ0v) is 10.4. The molecule has 0 aliphatic rings. The van der Waals surface area contributed by atoms with Gasteiger partial charge in [-0.3, -0.25) is 0 Å². The van der Waals surface area contributed by atoms with Gasteiger partial charge in [0.2, 0.25) is 0 Å². The molecule has 0 fully saturated rings. The van der Waals surface area contributed by atoms with E-state index in [4.69, 9.17) is 16.3 Å². The van der Waals surface area contributed by atoms with Gasteiger partial charge in [-0.1, -0.05) is 19.1 Å². The number of methoxy groups -OCH3 is 1. The highest BCUT2D eigenvalue weighted by Gasteiger charge is 2.29. The van der Waals surface area contributed by atoms with Gasteiger partial charge in [0, 0.05) is 5.88 Å². The van der Waals surface area contributed by atoms with E-state index in [1.54, 1.807) is 7.11 Å². The summed E-state index contributed by atoms with van der Waals surface area (Å²) in [5.41, 5.74) is 0.494. The minimum Gasteiger partial charge on any atom is -0.497 e. The lowest BCUT2D eigenvalue weighted by Crippen LogP contribution is -2.23. The molecule has 3 heteroatoms. The van der Waals surface area contributed by atoms with E-state index < -0.39 is 5.41 Å². The third kappa shape index (κ3) is 2.48. The lowest BCUT2D eigenvalue weighted by atomic mass is 9.77.